The molecule has 0 radical (unpaired) electrons. The van der Waals surface area contributed by atoms with Crippen LogP contribution in [0, 0.1) is 5.92 Å². The molecule has 1 unspecified atom stereocenters. The molecule has 1 aromatic carbocycles. The maximum Gasteiger partial charge on any atom is 0.137 e. The number of nitrogens with zero attached hydrogens (tertiary/aromatic N) is 1. The number of hydrogen-bond donors (Lipinski definition) is 1. The summed E-state index contributed by atoms with van der Waals surface area (Å²) in [5.41, 5.74) is 7.11. The Labute approximate surface area is 121 Å². The van der Waals surface area contributed by atoms with Gasteiger partial charge in [-0.15, -0.1) is 0 Å². The molecule has 0 bridgehead atoms. The summed E-state index contributed by atoms with van der Waals surface area (Å²) >= 11 is 6.20. The van der Waals surface area contributed by atoms with E-state index in [1.165, 1.54) is 0 Å². The van der Waals surface area contributed by atoms with Gasteiger partial charge >= 0.3 is 0 Å². The second-order valence-corrected chi connectivity index (χ2v) is 5.53. The Kier molecular flexibility index (Phi) is 6.63. The molecule has 19 heavy (non-hydrogen) atoms. The van der Waals surface area contributed by atoms with Crippen LogP contribution in [-0.2, 0) is 0 Å². The first-order valence-corrected chi connectivity index (χ1v) is 7.18. The van der Waals surface area contributed by atoms with E-state index in [0.717, 1.165) is 18.7 Å². The first kappa shape index (κ1) is 16.3. The van der Waals surface area contributed by atoms with Crippen molar-refractivity contribution in [3.8, 4) is 5.75 Å². The van der Waals surface area contributed by atoms with Gasteiger partial charge in [0, 0.05) is 19.1 Å². The van der Waals surface area contributed by atoms with Crippen LogP contribution in [0.1, 0.15) is 32.4 Å². The minimum absolute atomic E-state index is 0.204. The number of nitrogens with two attached hydrogens (primary N) is 1. The number of methoxy groups -OCH3 is 1. The molecular weight excluding hydrogens is 260 g/mol. The number of ether oxygens (including phenoxy) is 1. The van der Waals surface area contributed by atoms with Gasteiger partial charge in [0.15, 0.2) is 0 Å². The van der Waals surface area contributed by atoms with E-state index >= 15 is 0 Å². The summed E-state index contributed by atoms with van der Waals surface area (Å²) in [7, 11) is 1.62. The fourth-order valence-electron chi connectivity index (χ4n) is 2.33. The predicted octanol–water partition coefficient (Wildman–Crippen LogP) is 3.33. The van der Waals surface area contributed by atoms with E-state index in [-0.39, 0.29) is 6.04 Å². The standard InChI is InChI=1S/C15H25ClN2O/c1-5-18(10-11(2)3)14(9-17)12-6-7-15(19-4)13(16)8-12/h6-8,11,14H,5,9-10,17H2,1-4H3. The van der Waals surface area contributed by atoms with E-state index in [4.69, 9.17) is 22.1 Å². The average Bonchev–Trinajstić information content (AvgIpc) is 2.38. The fourth-order valence-corrected chi connectivity index (χ4v) is 2.60. The molecule has 0 saturated heterocycles. The van der Waals surface area contributed by atoms with E-state index in [9.17, 15) is 0 Å². The Morgan fingerprint density at radius 2 is 2.05 bits per heavy atom. The third-order valence-electron chi connectivity index (χ3n) is 3.23. The molecule has 1 aromatic rings. The Morgan fingerprint density at radius 3 is 2.47 bits per heavy atom. The second-order valence-electron chi connectivity index (χ2n) is 5.13. The monoisotopic (exact) mass is 284 g/mol. The normalized spacial score (nSPS) is 13.1. The Bertz CT molecular complexity index is 396. The molecule has 0 aliphatic carbocycles. The molecule has 0 fully saturated rings. The van der Waals surface area contributed by atoms with Crippen molar-refractivity contribution in [3.05, 3.63) is 28.8 Å². The van der Waals surface area contributed by atoms with E-state index in [1.807, 2.05) is 18.2 Å². The van der Waals surface area contributed by atoms with Crippen LogP contribution in [0.5, 0.6) is 5.75 Å². The molecule has 1 atom stereocenters. The summed E-state index contributed by atoms with van der Waals surface area (Å²) in [4.78, 5) is 2.39. The van der Waals surface area contributed by atoms with Gasteiger partial charge in [0.05, 0.1) is 12.1 Å². The van der Waals surface area contributed by atoms with E-state index in [1.54, 1.807) is 7.11 Å². The molecule has 0 saturated carbocycles. The van der Waals surface area contributed by atoms with Crippen molar-refractivity contribution in [2.75, 3.05) is 26.7 Å². The maximum absolute atomic E-state index is 6.20. The van der Waals surface area contributed by atoms with Crippen LogP contribution in [0.2, 0.25) is 5.02 Å². The van der Waals surface area contributed by atoms with Gasteiger partial charge in [0.2, 0.25) is 0 Å². The van der Waals surface area contributed by atoms with Gasteiger partial charge in [-0.3, -0.25) is 4.90 Å². The maximum atomic E-state index is 6.20. The van der Waals surface area contributed by atoms with Gasteiger partial charge < -0.3 is 10.5 Å². The van der Waals surface area contributed by atoms with Crippen LogP contribution in [-0.4, -0.2) is 31.6 Å². The molecule has 0 aliphatic rings. The zero-order valence-corrected chi connectivity index (χ0v) is 13.1. The van der Waals surface area contributed by atoms with Crippen LogP contribution >= 0.6 is 11.6 Å². The molecule has 4 heteroatoms. The van der Waals surface area contributed by atoms with Crippen molar-refractivity contribution in [1.82, 2.24) is 4.90 Å². The summed E-state index contributed by atoms with van der Waals surface area (Å²) in [6.45, 7) is 9.19. The molecule has 0 amide bonds. The lowest BCUT2D eigenvalue weighted by atomic mass is 10.0. The Hall–Kier alpha value is -0.770. The van der Waals surface area contributed by atoms with E-state index < -0.39 is 0 Å². The number of likely N-dealkylation sites (N-methyl/N-ethyl adjacent to an activating group) is 1. The molecule has 2 N–H and O–H groups in total. The van der Waals surface area contributed by atoms with Gasteiger partial charge in [-0.2, -0.15) is 0 Å². The van der Waals surface area contributed by atoms with Gasteiger partial charge in [-0.05, 0) is 30.2 Å². The fraction of sp³-hybridized carbons (Fsp3) is 0.600. The van der Waals surface area contributed by atoms with Crippen LogP contribution < -0.4 is 10.5 Å². The molecular formula is C15H25ClN2O. The lowest BCUT2D eigenvalue weighted by Gasteiger charge is -2.31. The topological polar surface area (TPSA) is 38.5 Å². The summed E-state index contributed by atoms with van der Waals surface area (Å²) in [6, 6.07) is 6.12. The first-order chi connectivity index (χ1) is 9.03. The van der Waals surface area contributed by atoms with Crippen molar-refractivity contribution >= 4 is 11.6 Å². The SMILES string of the molecule is CCN(CC(C)C)C(CN)c1ccc(OC)c(Cl)c1. The van der Waals surface area contributed by atoms with Crippen molar-refractivity contribution < 1.29 is 4.74 Å². The first-order valence-electron chi connectivity index (χ1n) is 6.81. The van der Waals surface area contributed by atoms with E-state index in [2.05, 4.69) is 25.7 Å². The quantitative estimate of drug-likeness (QED) is 0.835. The van der Waals surface area contributed by atoms with Crippen LogP contribution in [0.4, 0.5) is 0 Å². The average molecular weight is 285 g/mol. The van der Waals surface area contributed by atoms with E-state index in [0.29, 0.717) is 23.2 Å². The second kappa shape index (κ2) is 7.73. The molecule has 1 rings (SSSR count). The summed E-state index contributed by atoms with van der Waals surface area (Å²) in [5, 5.41) is 0.638. The molecule has 3 nitrogen and oxygen atoms in total. The largest absolute Gasteiger partial charge is 0.495 e. The molecule has 0 aliphatic heterocycles. The summed E-state index contributed by atoms with van der Waals surface area (Å²) < 4.78 is 5.19. The number of hydrogen-bond acceptors (Lipinski definition) is 3. The number of halogens is 1. The molecule has 0 heterocycles. The highest BCUT2D eigenvalue weighted by atomic mass is 35.5. The zero-order chi connectivity index (χ0) is 14.4. The van der Waals surface area contributed by atoms with Gasteiger partial charge in [0.25, 0.3) is 0 Å². The van der Waals surface area contributed by atoms with Crippen molar-refractivity contribution in [3.63, 3.8) is 0 Å². The van der Waals surface area contributed by atoms with Crippen molar-refractivity contribution in [2.24, 2.45) is 11.7 Å². The van der Waals surface area contributed by atoms with Crippen LogP contribution in [0.3, 0.4) is 0 Å². The van der Waals surface area contributed by atoms with Gasteiger partial charge in [-0.25, -0.2) is 0 Å². The highest BCUT2D eigenvalue weighted by Crippen LogP contribution is 2.29. The van der Waals surface area contributed by atoms with Gasteiger partial charge in [-0.1, -0.05) is 38.4 Å². The minimum atomic E-state index is 0.204. The lowest BCUT2D eigenvalue weighted by Crippen LogP contribution is -2.36. The van der Waals surface area contributed by atoms with Crippen LogP contribution in [0.15, 0.2) is 18.2 Å². The van der Waals surface area contributed by atoms with Crippen molar-refractivity contribution in [1.29, 1.82) is 0 Å². The molecule has 0 aromatic heterocycles. The van der Waals surface area contributed by atoms with Crippen molar-refractivity contribution in [2.45, 2.75) is 26.8 Å². The number of rotatable bonds is 7. The number of benzene rings is 1. The smallest absolute Gasteiger partial charge is 0.137 e. The molecule has 108 valence electrons. The Morgan fingerprint density at radius 1 is 1.37 bits per heavy atom. The van der Waals surface area contributed by atoms with Crippen LogP contribution in [0.25, 0.3) is 0 Å². The summed E-state index contributed by atoms with van der Waals surface area (Å²) in [5.74, 6) is 1.32. The zero-order valence-electron chi connectivity index (χ0n) is 12.3. The summed E-state index contributed by atoms with van der Waals surface area (Å²) in [6.07, 6.45) is 0. The van der Waals surface area contributed by atoms with Gasteiger partial charge in [0.1, 0.15) is 5.75 Å². The predicted molar refractivity (Wildman–Crippen MR) is 81.9 cm³/mol. The highest BCUT2D eigenvalue weighted by Gasteiger charge is 2.19. The Balaban J connectivity index is 2.98. The molecule has 0 spiro atoms. The third kappa shape index (κ3) is 4.37. The lowest BCUT2D eigenvalue weighted by molar-refractivity contribution is 0.189. The highest BCUT2D eigenvalue weighted by molar-refractivity contribution is 6.32. The minimum Gasteiger partial charge on any atom is -0.495 e. The third-order valence-corrected chi connectivity index (χ3v) is 3.53.